The number of aliphatic carboxylic acids is 1. The van der Waals surface area contributed by atoms with Crippen LogP contribution in [0.1, 0.15) is 43.5 Å². The number of hydrogen-bond donors (Lipinski definition) is 3. The van der Waals surface area contributed by atoms with Crippen molar-refractivity contribution in [1.29, 1.82) is 0 Å². The summed E-state index contributed by atoms with van der Waals surface area (Å²) >= 11 is 0. The third-order valence-electron chi connectivity index (χ3n) is 3.70. The second-order valence-corrected chi connectivity index (χ2v) is 6.40. The van der Waals surface area contributed by atoms with Crippen molar-refractivity contribution in [1.82, 2.24) is 5.32 Å². The summed E-state index contributed by atoms with van der Waals surface area (Å²) < 4.78 is 0. The van der Waals surface area contributed by atoms with E-state index in [2.05, 4.69) is 10.6 Å². The zero-order valence-electron chi connectivity index (χ0n) is 13.6. The molecule has 0 heterocycles. The molecule has 130 valence electrons. The molecule has 1 aliphatic rings. The van der Waals surface area contributed by atoms with Gasteiger partial charge >= 0.3 is 5.97 Å². The lowest BCUT2D eigenvalue weighted by Gasteiger charge is -2.18. The average molecular weight is 335 g/mol. The number of carbonyl (C=O) groups is 2. The Bertz CT molecular complexity index is 655. The van der Waals surface area contributed by atoms with Crippen LogP contribution in [0.4, 0.5) is 11.4 Å². The third kappa shape index (κ3) is 4.68. The standard InChI is InChI=1S/C16H21N3O5/c1-9(2)7-13(16(21)22)18-12-6-3-10(8-14(12)19(23)24)15(20)17-11-4-5-11/h3,6,8-9,11,13,18H,4-5,7H2,1-2H3,(H,17,20)(H,21,22)/t13-/m1/s1. The van der Waals surface area contributed by atoms with Crippen LogP contribution in [0, 0.1) is 16.0 Å². The van der Waals surface area contributed by atoms with E-state index in [0.717, 1.165) is 12.8 Å². The highest BCUT2D eigenvalue weighted by molar-refractivity contribution is 5.96. The van der Waals surface area contributed by atoms with Gasteiger partial charge in [-0.1, -0.05) is 13.8 Å². The van der Waals surface area contributed by atoms with E-state index in [-0.39, 0.29) is 34.8 Å². The summed E-state index contributed by atoms with van der Waals surface area (Å²) in [5, 5.41) is 26.0. The number of rotatable bonds is 8. The van der Waals surface area contributed by atoms with Crippen molar-refractivity contribution >= 4 is 23.3 Å². The highest BCUT2D eigenvalue weighted by atomic mass is 16.6. The van der Waals surface area contributed by atoms with Gasteiger partial charge < -0.3 is 15.7 Å². The molecule has 0 unspecified atom stereocenters. The lowest BCUT2D eigenvalue weighted by atomic mass is 10.0. The molecule has 1 atom stereocenters. The van der Waals surface area contributed by atoms with Gasteiger partial charge in [-0.25, -0.2) is 4.79 Å². The molecule has 3 N–H and O–H groups in total. The summed E-state index contributed by atoms with van der Waals surface area (Å²) in [6.45, 7) is 3.74. The monoisotopic (exact) mass is 335 g/mol. The Hall–Kier alpha value is -2.64. The SMILES string of the molecule is CC(C)C[C@@H](Nc1ccc(C(=O)NC2CC2)cc1[N+](=O)[O-])C(=O)O. The van der Waals surface area contributed by atoms with Crippen LogP contribution in [0.3, 0.4) is 0 Å². The van der Waals surface area contributed by atoms with E-state index in [1.54, 1.807) is 0 Å². The van der Waals surface area contributed by atoms with E-state index >= 15 is 0 Å². The minimum atomic E-state index is -1.08. The van der Waals surface area contributed by atoms with Crippen LogP contribution in [0.15, 0.2) is 18.2 Å². The van der Waals surface area contributed by atoms with Gasteiger partial charge in [0.2, 0.25) is 0 Å². The second kappa shape index (κ2) is 7.29. The van der Waals surface area contributed by atoms with Crippen molar-refractivity contribution in [2.75, 3.05) is 5.32 Å². The van der Waals surface area contributed by atoms with E-state index in [4.69, 9.17) is 0 Å². The minimum absolute atomic E-state index is 0.0935. The van der Waals surface area contributed by atoms with Crippen molar-refractivity contribution in [3.63, 3.8) is 0 Å². The number of nitrogens with zero attached hydrogens (tertiary/aromatic N) is 1. The normalized spacial score (nSPS) is 15.0. The molecule has 24 heavy (non-hydrogen) atoms. The van der Waals surface area contributed by atoms with E-state index in [1.807, 2.05) is 13.8 Å². The Morgan fingerprint density at radius 2 is 2.04 bits per heavy atom. The van der Waals surface area contributed by atoms with Gasteiger partial charge in [0, 0.05) is 17.7 Å². The van der Waals surface area contributed by atoms with E-state index in [1.165, 1.54) is 18.2 Å². The topological polar surface area (TPSA) is 122 Å². The minimum Gasteiger partial charge on any atom is -0.480 e. The van der Waals surface area contributed by atoms with Crippen LogP contribution < -0.4 is 10.6 Å². The molecule has 1 aliphatic carbocycles. The van der Waals surface area contributed by atoms with Gasteiger partial charge in [0.15, 0.2) is 0 Å². The number of carboxylic acid groups (broad SMARTS) is 1. The van der Waals surface area contributed by atoms with E-state index < -0.39 is 16.9 Å². The van der Waals surface area contributed by atoms with Crippen molar-refractivity contribution in [3.8, 4) is 0 Å². The number of benzene rings is 1. The maximum atomic E-state index is 12.0. The van der Waals surface area contributed by atoms with Gasteiger partial charge in [-0.2, -0.15) is 0 Å². The Kier molecular flexibility index (Phi) is 5.38. The van der Waals surface area contributed by atoms with Crippen LogP contribution in [0.25, 0.3) is 0 Å². The van der Waals surface area contributed by atoms with Crippen LogP contribution in [-0.4, -0.2) is 34.0 Å². The number of carbonyl (C=O) groups excluding carboxylic acids is 1. The van der Waals surface area contributed by atoms with Crippen molar-refractivity contribution < 1.29 is 19.6 Å². The molecule has 1 saturated carbocycles. The first kappa shape index (κ1) is 17.7. The predicted octanol–water partition coefficient (Wildman–Crippen LogP) is 2.40. The number of nitro benzene ring substituents is 1. The number of amides is 1. The molecule has 0 aromatic heterocycles. The first-order chi connectivity index (χ1) is 11.3. The molecule has 2 rings (SSSR count). The van der Waals surface area contributed by atoms with Crippen LogP contribution >= 0.6 is 0 Å². The van der Waals surface area contributed by atoms with Gasteiger partial charge in [-0.05, 0) is 37.3 Å². The third-order valence-corrected chi connectivity index (χ3v) is 3.70. The maximum Gasteiger partial charge on any atom is 0.326 e. The molecule has 0 saturated heterocycles. The van der Waals surface area contributed by atoms with Crippen molar-refractivity contribution in [2.45, 2.75) is 45.2 Å². The van der Waals surface area contributed by atoms with Gasteiger partial charge in [0.05, 0.1) is 4.92 Å². The predicted molar refractivity (Wildman–Crippen MR) is 88.1 cm³/mol. The Balaban J connectivity index is 2.23. The van der Waals surface area contributed by atoms with Gasteiger partial charge in [-0.15, -0.1) is 0 Å². The summed E-state index contributed by atoms with van der Waals surface area (Å²) in [7, 11) is 0. The highest BCUT2D eigenvalue weighted by Gasteiger charge is 2.27. The number of carboxylic acids is 1. The maximum absolute atomic E-state index is 12.0. The first-order valence-electron chi connectivity index (χ1n) is 7.86. The molecule has 8 nitrogen and oxygen atoms in total. The first-order valence-corrected chi connectivity index (χ1v) is 7.86. The van der Waals surface area contributed by atoms with E-state index in [9.17, 15) is 24.8 Å². The molecule has 1 aromatic rings. The fourth-order valence-corrected chi connectivity index (χ4v) is 2.32. The fraction of sp³-hybridized carbons (Fsp3) is 0.500. The molecule has 0 spiro atoms. The number of anilines is 1. The van der Waals surface area contributed by atoms with Gasteiger partial charge in [-0.3, -0.25) is 14.9 Å². The molecule has 8 heteroatoms. The number of nitro groups is 1. The molecule has 0 aliphatic heterocycles. The highest BCUT2D eigenvalue weighted by Crippen LogP contribution is 2.28. The average Bonchev–Trinajstić information content (AvgIpc) is 3.29. The summed E-state index contributed by atoms with van der Waals surface area (Å²) in [5.41, 5.74) is -0.0284. The zero-order valence-corrected chi connectivity index (χ0v) is 13.6. The van der Waals surface area contributed by atoms with Crippen LogP contribution in [0.2, 0.25) is 0 Å². The summed E-state index contributed by atoms with van der Waals surface area (Å²) in [4.78, 5) is 34.0. The molecule has 1 fully saturated rings. The molecule has 1 amide bonds. The Morgan fingerprint density at radius 1 is 1.38 bits per heavy atom. The van der Waals surface area contributed by atoms with Gasteiger partial charge in [0.25, 0.3) is 11.6 Å². The largest absolute Gasteiger partial charge is 0.480 e. The lowest BCUT2D eigenvalue weighted by molar-refractivity contribution is -0.384. The molecule has 0 radical (unpaired) electrons. The van der Waals surface area contributed by atoms with Crippen LogP contribution in [0.5, 0.6) is 0 Å². The molecular formula is C16H21N3O5. The van der Waals surface area contributed by atoms with Crippen molar-refractivity contribution in [2.24, 2.45) is 5.92 Å². The van der Waals surface area contributed by atoms with E-state index in [0.29, 0.717) is 6.42 Å². The van der Waals surface area contributed by atoms with Crippen LogP contribution in [-0.2, 0) is 4.79 Å². The Labute approximate surface area is 139 Å². The lowest BCUT2D eigenvalue weighted by Crippen LogP contribution is -2.31. The van der Waals surface area contributed by atoms with Gasteiger partial charge in [0.1, 0.15) is 11.7 Å². The quantitative estimate of drug-likeness (QED) is 0.495. The second-order valence-electron chi connectivity index (χ2n) is 6.40. The fourth-order valence-electron chi connectivity index (χ4n) is 2.32. The summed E-state index contributed by atoms with van der Waals surface area (Å²) in [6, 6.07) is 3.23. The summed E-state index contributed by atoms with van der Waals surface area (Å²) in [5.74, 6) is -1.32. The smallest absolute Gasteiger partial charge is 0.326 e. The molecular weight excluding hydrogens is 314 g/mol. The Morgan fingerprint density at radius 3 is 2.54 bits per heavy atom. The number of hydrogen-bond acceptors (Lipinski definition) is 5. The summed E-state index contributed by atoms with van der Waals surface area (Å²) in [6.07, 6.45) is 2.17. The number of nitrogens with one attached hydrogen (secondary N) is 2. The zero-order chi connectivity index (χ0) is 17.9. The molecule has 0 bridgehead atoms. The van der Waals surface area contributed by atoms with Crippen molar-refractivity contribution in [3.05, 3.63) is 33.9 Å². The molecule has 1 aromatic carbocycles.